The number of carbonyl (C=O) groups excluding carboxylic acids is 3. The van der Waals surface area contributed by atoms with Gasteiger partial charge in [0.1, 0.15) is 11.7 Å². The quantitative estimate of drug-likeness (QED) is 0.367. The minimum Gasteiger partial charge on any atom is -0.402 e. The number of ether oxygens (including phenoxy) is 1. The number of rotatable bonds is 12. The zero-order valence-corrected chi connectivity index (χ0v) is 25.0. The molecule has 1 aromatic carbocycles. The molecular formula is C30H42BN5O6. The molecule has 0 spiro atoms. The highest BCUT2D eigenvalue weighted by Crippen LogP contribution is 2.38. The van der Waals surface area contributed by atoms with Gasteiger partial charge in [-0.2, -0.15) is 0 Å². The van der Waals surface area contributed by atoms with E-state index < -0.39 is 42.1 Å². The number of aromatic nitrogens is 2. The number of nitrogens with one attached hydrogen (secondary N) is 2. The third-order valence-electron chi connectivity index (χ3n) is 8.18. The minimum absolute atomic E-state index is 0.0835. The first-order chi connectivity index (χ1) is 20.1. The van der Waals surface area contributed by atoms with E-state index in [1.165, 1.54) is 24.2 Å². The second-order valence-corrected chi connectivity index (χ2v) is 11.8. The number of carbonyl (C=O) groups is 3. The number of hydrogen-bond acceptors (Lipinski definition) is 8. The summed E-state index contributed by atoms with van der Waals surface area (Å²) in [4.78, 5) is 49.4. The maximum absolute atomic E-state index is 13.8. The van der Waals surface area contributed by atoms with Crippen molar-refractivity contribution in [2.75, 3.05) is 26.3 Å². The maximum Gasteiger partial charge on any atom is 0.481 e. The summed E-state index contributed by atoms with van der Waals surface area (Å²) in [5, 5.41) is 5.87. The Morgan fingerprint density at radius 1 is 0.976 bits per heavy atom. The Bertz CT molecular complexity index is 1180. The predicted octanol–water partition coefficient (Wildman–Crippen LogP) is 2.35. The molecule has 2 atom stereocenters. The lowest BCUT2D eigenvalue weighted by molar-refractivity contribution is -0.135. The van der Waals surface area contributed by atoms with E-state index in [1.54, 1.807) is 4.90 Å². The highest BCUT2D eigenvalue weighted by atomic mass is 16.7. The van der Waals surface area contributed by atoms with E-state index in [-0.39, 0.29) is 24.4 Å². The number of aryl methyl sites for hydroxylation is 1. The van der Waals surface area contributed by atoms with Crippen molar-refractivity contribution in [2.24, 2.45) is 0 Å². The van der Waals surface area contributed by atoms with Gasteiger partial charge in [0.05, 0.1) is 36.6 Å². The van der Waals surface area contributed by atoms with Crippen LogP contribution in [0, 0.1) is 0 Å². The van der Waals surface area contributed by atoms with Crippen molar-refractivity contribution in [1.82, 2.24) is 25.5 Å². The molecule has 2 aromatic rings. The number of amides is 3. The molecule has 2 saturated heterocycles. The first-order valence-electron chi connectivity index (χ1n) is 14.7. The fraction of sp³-hybridized carbons (Fsp3) is 0.567. The van der Waals surface area contributed by atoms with Crippen LogP contribution in [0.1, 0.15) is 69.4 Å². The Morgan fingerprint density at radius 3 is 2.31 bits per heavy atom. The molecule has 2 fully saturated rings. The van der Waals surface area contributed by atoms with Crippen molar-refractivity contribution in [3.05, 3.63) is 60.2 Å². The van der Waals surface area contributed by atoms with E-state index in [9.17, 15) is 14.4 Å². The Hall–Kier alpha value is -3.35. The number of morpholine rings is 1. The van der Waals surface area contributed by atoms with Crippen molar-refractivity contribution in [1.29, 1.82) is 0 Å². The van der Waals surface area contributed by atoms with E-state index in [0.29, 0.717) is 32.7 Å². The zero-order valence-electron chi connectivity index (χ0n) is 25.0. The van der Waals surface area contributed by atoms with Crippen molar-refractivity contribution in [3.63, 3.8) is 0 Å². The number of nitrogens with zero attached hydrogens (tertiary/aromatic N) is 3. The standard InChI is InChI=1S/C30H42BN5O6/c1-29(2)30(3,4)42-31(41-29)25(12-8-11-22-9-6-5-7-10-22)35-27(38)23(34-28(39)24-21-32-15-16-33-24)13-14-26(37)36-17-19-40-20-18-36/h5-7,9-10,15-16,21,23,25H,8,11-14,17-20H2,1-4H3,(H,34,39)(H,35,38)/t23?,25-/m0/s1. The third-order valence-corrected chi connectivity index (χ3v) is 8.18. The molecule has 2 N–H and O–H groups in total. The SMILES string of the molecule is CC1(C)OB([C@H](CCCc2ccccc2)NC(=O)C(CCC(=O)N2CCOCC2)NC(=O)c2cnccn2)OC1(C)C. The summed E-state index contributed by atoms with van der Waals surface area (Å²) < 4.78 is 18.0. The van der Waals surface area contributed by atoms with Crippen molar-refractivity contribution in [3.8, 4) is 0 Å². The summed E-state index contributed by atoms with van der Waals surface area (Å²) in [7, 11) is -0.680. The Morgan fingerprint density at radius 2 is 1.67 bits per heavy atom. The molecule has 0 saturated carbocycles. The van der Waals surface area contributed by atoms with Gasteiger partial charge >= 0.3 is 7.12 Å². The first-order valence-corrected chi connectivity index (χ1v) is 14.7. The molecular weight excluding hydrogens is 537 g/mol. The minimum atomic E-state index is -0.983. The summed E-state index contributed by atoms with van der Waals surface area (Å²) in [6, 6.07) is 9.16. The van der Waals surface area contributed by atoms with Crippen LogP contribution in [-0.4, -0.2) is 89.2 Å². The van der Waals surface area contributed by atoms with Gasteiger partial charge in [0.15, 0.2) is 0 Å². The molecule has 0 aliphatic carbocycles. The summed E-state index contributed by atoms with van der Waals surface area (Å²) >= 11 is 0. The lowest BCUT2D eigenvalue weighted by Gasteiger charge is -2.32. The van der Waals surface area contributed by atoms with Crippen LogP contribution in [0.3, 0.4) is 0 Å². The van der Waals surface area contributed by atoms with Gasteiger partial charge in [0.2, 0.25) is 11.8 Å². The van der Waals surface area contributed by atoms with Crippen LogP contribution < -0.4 is 10.6 Å². The number of hydrogen-bond donors (Lipinski definition) is 2. The number of benzene rings is 1. The van der Waals surface area contributed by atoms with Crippen LogP contribution >= 0.6 is 0 Å². The fourth-order valence-corrected chi connectivity index (χ4v) is 4.94. The van der Waals surface area contributed by atoms with E-state index >= 15 is 0 Å². The smallest absolute Gasteiger partial charge is 0.402 e. The summed E-state index contributed by atoms with van der Waals surface area (Å²) in [5.41, 5.74) is 0.126. The normalized spacial score (nSPS) is 19.1. The van der Waals surface area contributed by atoms with E-state index in [4.69, 9.17) is 14.0 Å². The molecule has 226 valence electrons. The van der Waals surface area contributed by atoms with E-state index in [2.05, 4.69) is 32.7 Å². The molecule has 3 amide bonds. The Balaban J connectivity index is 1.48. The van der Waals surface area contributed by atoms with E-state index in [1.807, 2.05) is 45.9 Å². The molecule has 0 bridgehead atoms. The van der Waals surface area contributed by atoms with Gasteiger partial charge in [-0.25, -0.2) is 4.98 Å². The molecule has 11 nitrogen and oxygen atoms in total. The van der Waals surface area contributed by atoms with Crippen molar-refractivity contribution >= 4 is 24.8 Å². The maximum atomic E-state index is 13.8. The summed E-state index contributed by atoms with van der Waals surface area (Å²) in [5.74, 6) is -1.52. The van der Waals surface area contributed by atoms with Gasteiger partial charge in [0.25, 0.3) is 5.91 Å². The van der Waals surface area contributed by atoms with Gasteiger partial charge in [-0.3, -0.25) is 19.4 Å². The van der Waals surface area contributed by atoms with Gasteiger partial charge in [-0.05, 0) is 58.9 Å². The molecule has 2 aliphatic heterocycles. The lowest BCUT2D eigenvalue weighted by atomic mass is 9.75. The highest BCUT2D eigenvalue weighted by molar-refractivity contribution is 6.48. The largest absolute Gasteiger partial charge is 0.481 e. The average molecular weight is 580 g/mol. The van der Waals surface area contributed by atoms with Gasteiger partial charge < -0.3 is 29.6 Å². The molecule has 42 heavy (non-hydrogen) atoms. The third kappa shape index (κ3) is 8.36. The molecule has 12 heteroatoms. The zero-order chi connectivity index (χ0) is 30.2. The van der Waals surface area contributed by atoms with E-state index in [0.717, 1.165) is 12.8 Å². The molecule has 2 aliphatic rings. The van der Waals surface area contributed by atoms with Crippen molar-refractivity contribution in [2.45, 2.75) is 83.0 Å². The lowest BCUT2D eigenvalue weighted by Crippen LogP contribution is -2.55. The Kier molecular flexibility index (Phi) is 10.7. The van der Waals surface area contributed by atoms with Crippen LogP contribution in [0.25, 0.3) is 0 Å². The average Bonchev–Trinajstić information content (AvgIpc) is 3.21. The van der Waals surface area contributed by atoms with Crippen LogP contribution in [0.15, 0.2) is 48.9 Å². The topological polar surface area (TPSA) is 132 Å². The van der Waals surface area contributed by atoms with Crippen LogP contribution in [0.4, 0.5) is 0 Å². The monoisotopic (exact) mass is 579 g/mol. The van der Waals surface area contributed by atoms with Gasteiger partial charge in [-0.15, -0.1) is 0 Å². The highest BCUT2D eigenvalue weighted by Gasteiger charge is 2.54. The first kappa shape index (κ1) is 31.6. The fourth-order valence-electron chi connectivity index (χ4n) is 4.94. The molecule has 4 rings (SSSR count). The van der Waals surface area contributed by atoms with Crippen LogP contribution in [0.2, 0.25) is 0 Å². The molecule has 3 heterocycles. The predicted molar refractivity (Wildman–Crippen MR) is 157 cm³/mol. The van der Waals surface area contributed by atoms with Crippen LogP contribution in [-0.2, 0) is 30.1 Å². The van der Waals surface area contributed by atoms with Gasteiger partial charge in [0, 0.05) is 31.9 Å². The van der Waals surface area contributed by atoms with Crippen molar-refractivity contribution < 1.29 is 28.4 Å². The molecule has 0 radical (unpaired) electrons. The molecule has 1 unspecified atom stereocenters. The Labute approximate surface area is 248 Å². The molecule has 1 aromatic heterocycles. The summed E-state index contributed by atoms with van der Waals surface area (Å²) in [6.45, 7) is 9.86. The van der Waals surface area contributed by atoms with Gasteiger partial charge in [-0.1, -0.05) is 30.3 Å². The summed E-state index contributed by atoms with van der Waals surface area (Å²) in [6.07, 6.45) is 6.62. The second kappa shape index (κ2) is 14.2. The second-order valence-electron chi connectivity index (χ2n) is 11.8. The van der Waals surface area contributed by atoms with Crippen LogP contribution in [0.5, 0.6) is 0 Å².